The van der Waals surface area contributed by atoms with Crippen molar-refractivity contribution in [3.05, 3.63) is 102 Å². The van der Waals surface area contributed by atoms with Gasteiger partial charge in [-0.25, -0.2) is 0 Å². The Hall–Kier alpha value is -5.78. The third kappa shape index (κ3) is 6.99. The molecule has 0 unspecified atom stereocenters. The first-order valence-corrected chi connectivity index (χ1v) is 20.4. The lowest BCUT2D eigenvalue weighted by Gasteiger charge is -2.48. The van der Waals surface area contributed by atoms with E-state index in [-0.39, 0.29) is 46.6 Å². The molecule has 5 aliphatic rings. The average Bonchev–Trinajstić information content (AvgIpc) is 3.70. The Morgan fingerprint density at radius 3 is 2.18 bits per heavy atom. The third-order valence-corrected chi connectivity index (χ3v) is 13.5. The fourth-order valence-corrected chi connectivity index (χ4v) is 10.2. The number of amides is 4. The van der Waals surface area contributed by atoms with Crippen LogP contribution in [0.15, 0.2) is 91.1 Å². The lowest BCUT2D eigenvalue weighted by Crippen LogP contribution is -2.55. The number of nitrogens with zero attached hydrogens (tertiary/aromatic N) is 6. The molecule has 12 nitrogen and oxygen atoms in total. The Bertz CT molecular complexity index is 2160. The van der Waals surface area contributed by atoms with E-state index >= 15 is 0 Å². The van der Waals surface area contributed by atoms with Gasteiger partial charge >= 0.3 is 0 Å². The first kappa shape index (κ1) is 36.8. The quantitative estimate of drug-likeness (QED) is 0.252. The van der Waals surface area contributed by atoms with Gasteiger partial charge in [0.15, 0.2) is 0 Å². The minimum absolute atomic E-state index is 0.00221. The number of rotatable bonds is 7. The van der Waals surface area contributed by atoms with Crippen molar-refractivity contribution < 1.29 is 24.3 Å². The van der Waals surface area contributed by atoms with Crippen LogP contribution in [0.25, 0.3) is 11.3 Å². The molecule has 1 aromatic heterocycles. The lowest BCUT2D eigenvalue weighted by molar-refractivity contribution is -0.144. The lowest BCUT2D eigenvalue weighted by atomic mass is 9.61. The number of likely N-dealkylation sites (tertiary alicyclic amines) is 1. The van der Waals surface area contributed by atoms with Gasteiger partial charge in [-0.05, 0) is 85.4 Å². The predicted octanol–water partition coefficient (Wildman–Crippen LogP) is 4.89. The van der Waals surface area contributed by atoms with E-state index in [1.165, 1.54) is 0 Å². The summed E-state index contributed by atoms with van der Waals surface area (Å²) in [6.45, 7) is 5.63. The van der Waals surface area contributed by atoms with Crippen molar-refractivity contribution in [2.45, 2.75) is 56.3 Å². The number of carbonyl (C=O) groups is 4. The van der Waals surface area contributed by atoms with Gasteiger partial charge in [0.25, 0.3) is 0 Å². The Balaban J connectivity index is 0.799. The maximum absolute atomic E-state index is 14.8. The zero-order valence-electron chi connectivity index (χ0n) is 32.2. The summed E-state index contributed by atoms with van der Waals surface area (Å²) in [6.07, 6.45) is 6.58. The molecule has 1 aliphatic carbocycles. The Kier molecular flexibility index (Phi) is 9.66. The number of para-hydroxylation sites is 1. The number of hydrogen-bond acceptors (Lipinski definition) is 9. The van der Waals surface area contributed by atoms with Crippen molar-refractivity contribution in [2.24, 2.45) is 11.3 Å². The summed E-state index contributed by atoms with van der Waals surface area (Å²) in [4.78, 5) is 61.0. The first-order chi connectivity index (χ1) is 27.7. The molecule has 2 N–H and O–H groups in total. The van der Waals surface area contributed by atoms with Gasteiger partial charge in [0.1, 0.15) is 5.75 Å². The van der Waals surface area contributed by atoms with Gasteiger partial charge in [-0.1, -0.05) is 54.6 Å². The van der Waals surface area contributed by atoms with Crippen LogP contribution in [0.4, 0.5) is 11.4 Å². The van der Waals surface area contributed by atoms with Gasteiger partial charge in [0.2, 0.25) is 23.6 Å². The van der Waals surface area contributed by atoms with E-state index in [9.17, 15) is 24.3 Å². The monoisotopic (exact) mass is 767 g/mol. The molecule has 4 saturated heterocycles. The second-order valence-corrected chi connectivity index (χ2v) is 16.7. The smallest absolute Gasteiger partial charge is 0.234 e. The molecule has 0 bridgehead atoms. The van der Waals surface area contributed by atoms with E-state index in [0.29, 0.717) is 69.7 Å². The molecule has 3 aromatic carbocycles. The van der Waals surface area contributed by atoms with Gasteiger partial charge < -0.3 is 24.7 Å². The molecule has 57 heavy (non-hydrogen) atoms. The number of aromatic nitrogens is 2. The molecule has 0 radical (unpaired) electrons. The van der Waals surface area contributed by atoms with Crippen LogP contribution in [0, 0.1) is 11.3 Å². The molecule has 1 atom stereocenters. The largest absolute Gasteiger partial charge is 0.507 e. The van der Waals surface area contributed by atoms with Gasteiger partial charge in [0, 0.05) is 75.9 Å². The normalized spacial score (nSPS) is 24.6. The number of anilines is 2. The van der Waals surface area contributed by atoms with Gasteiger partial charge in [-0.2, -0.15) is 10.2 Å². The zero-order chi connectivity index (χ0) is 39.1. The molecule has 12 heteroatoms. The van der Waals surface area contributed by atoms with Crippen LogP contribution in [-0.2, 0) is 24.6 Å². The summed E-state index contributed by atoms with van der Waals surface area (Å²) in [5.74, 6) is -0.131. The number of hydrogen-bond donors (Lipinski definition) is 2. The Morgan fingerprint density at radius 1 is 0.754 bits per heavy atom. The minimum Gasteiger partial charge on any atom is -0.507 e. The summed E-state index contributed by atoms with van der Waals surface area (Å²) in [5.41, 5.74) is 4.59. The number of phenolic OH excluding ortho intramolecular Hbond substituents is 1. The number of imide groups is 1. The highest BCUT2D eigenvalue weighted by Gasteiger charge is 2.55. The van der Waals surface area contributed by atoms with Crippen molar-refractivity contribution in [1.29, 1.82) is 0 Å². The summed E-state index contributed by atoms with van der Waals surface area (Å²) < 4.78 is 0. The SMILES string of the molecule is O=C1CC[C@H](c2ccc(N3CCN(C(=O)C4CC5(CCN(C(=O)C6(c7ccccc7)CCN(c7cnnc(-c8ccccc8O)c7)CC6)C5)C4)CC3)cc2)C(=O)N1. The molecule has 4 aliphatic heterocycles. The van der Waals surface area contributed by atoms with Crippen molar-refractivity contribution in [3.63, 3.8) is 0 Å². The number of benzene rings is 3. The predicted molar refractivity (Wildman–Crippen MR) is 215 cm³/mol. The van der Waals surface area contributed by atoms with Crippen LogP contribution >= 0.6 is 0 Å². The highest BCUT2D eigenvalue weighted by molar-refractivity contribution is 6.01. The number of nitrogens with one attached hydrogen (secondary N) is 1. The fraction of sp³-hybridized carbons (Fsp3) is 0.422. The fourth-order valence-electron chi connectivity index (χ4n) is 10.2. The summed E-state index contributed by atoms with van der Waals surface area (Å²) in [5, 5.41) is 21.4. The van der Waals surface area contributed by atoms with Crippen LogP contribution in [0.1, 0.15) is 62.0 Å². The van der Waals surface area contributed by atoms with Crippen LogP contribution in [0.3, 0.4) is 0 Å². The van der Waals surface area contributed by atoms with E-state index < -0.39 is 5.41 Å². The van der Waals surface area contributed by atoms with E-state index in [1.54, 1.807) is 18.3 Å². The molecule has 1 saturated carbocycles. The summed E-state index contributed by atoms with van der Waals surface area (Å²) >= 11 is 0. The highest BCUT2D eigenvalue weighted by atomic mass is 16.3. The number of carbonyl (C=O) groups excluding carboxylic acids is 4. The standard InChI is InChI=1S/C45H49N7O5/c53-39-9-5-4-8-37(39)38-26-35(29-46-48-38)49-20-17-45(18-21-49,33-6-2-1-3-7-33)43(57)52-19-16-44(30-52)27-32(28-44)42(56)51-24-22-50(23-25-51)34-12-10-31(11-13-34)36-14-15-40(54)47-41(36)55/h1-13,26,29,32,36,53H,14-25,27-28,30H2,(H,47,54,55)/t32?,36-,44?/m1/s1. The molecule has 1 spiro atoms. The number of piperazine rings is 1. The molecule has 4 amide bonds. The number of piperidine rings is 2. The van der Waals surface area contributed by atoms with Crippen LogP contribution < -0.4 is 15.1 Å². The number of phenols is 1. The molecule has 4 aromatic rings. The second kappa shape index (κ2) is 14.9. The Labute approximate surface area is 332 Å². The topological polar surface area (TPSA) is 139 Å². The van der Waals surface area contributed by atoms with Crippen LogP contribution in [-0.4, -0.2) is 101 Å². The maximum Gasteiger partial charge on any atom is 0.234 e. The van der Waals surface area contributed by atoms with Crippen molar-refractivity contribution >= 4 is 35.0 Å². The van der Waals surface area contributed by atoms with Crippen LogP contribution in [0.5, 0.6) is 5.75 Å². The van der Waals surface area contributed by atoms with Crippen molar-refractivity contribution in [3.8, 4) is 17.0 Å². The average molecular weight is 768 g/mol. The van der Waals surface area contributed by atoms with Gasteiger partial charge in [0.05, 0.1) is 28.9 Å². The highest BCUT2D eigenvalue weighted by Crippen LogP contribution is 2.53. The molecule has 5 fully saturated rings. The first-order valence-electron chi connectivity index (χ1n) is 20.4. The van der Waals surface area contributed by atoms with Crippen molar-refractivity contribution in [1.82, 2.24) is 25.3 Å². The summed E-state index contributed by atoms with van der Waals surface area (Å²) in [7, 11) is 0. The van der Waals surface area contributed by atoms with E-state index in [2.05, 4.69) is 42.3 Å². The molecular formula is C45H49N7O5. The minimum atomic E-state index is -0.631. The van der Waals surface area contributed by atoms with E-state index in [0.717, 1.165) is 61.4 Å². The van der Waals surface area contributed by atoms with Gasteiger partial charge in [-0.15, -0.1) is 0 Å². The van der Waals surface area contributed by atoms with E-state index in [4.69, 9.17) is 0 Å². The van der Waals surface area contributed by atoms with E-state index in [1.807, 2.05) is 65.6 Å². The zero-order valence-corrected chi connectivity index (χ0v) is 32.2. The molecule has 294 valence electrons. The van der Waals surface area contributed by atoms with Crippen molar-refractivity contribution in [2.75, 3.05) is 62.2 Å². The Morgan fingerprint density at radius 2 is 1.46 bits per heavy atom. The number of aromatic hydroxyl groups is 1. The maximum atomic E-state index is 14.8. The molecule has 9 rings (SSSR count). The second-order valence-electron chi connectivity index (χ2n) is 16.7. The molecular weight excluding hydrogens is 719 g/mol. The van der Waals surface area contributed by atoms with Crippen LogP contribution in [0.2, 0.25) is 0 Å². The van der Waals surface area contributed by atoms with Gasteiger partial charge in [-0.3, -0.25) is 24.5 Å². The molecule has 5 heterocycles. The summed E-state index contributed by atoms with van der Waals surface area (Å²) in [6, 6.07) is 27.4. The third-order valence-electron chi connectivity index (χ3n) is 13.5.